The Balaban J connectivity index is 1.41. The molecule has 1 aliphatic rings. The van der Waals surface area contributed by atoms with Crippen molar-refractivity contribution in [3.8, 4) is 5.75 Å². The van der Waals surface area contributed by atoms with E-state index < -0.39 is 0 Å². The second-order valence-electron chi connectivity index (χ2n) is 5.71. The first-order valence-electron chi connectivity index (χ1n) is 7.74. The quantitative estimate of drug-likeness (QED) is 0.601. The highest BCUT2D eigenvalue weighted by molar-refractivity contribution is 14.1. The summed E-state index contributed by atoms with van der Waals surface area (Å²) in [5.41, 5.74) is 4.61. The molecule has 0 aliphatic carbocycles. The van der Waals surface area contributed by atoms with Crippen molar-refractivity contribution >= 4 is 22.6 Å². The normalized spacial score (nSPS) is 16.6. The minimum Gasteiger partial charge on any atom is -0.408 e. The van der Waals surface area contributed by atoms with Crippen molar-refractivity contribution in [3.63, 3.8) is 0 Å². The third-order valence-corrected chi connectivity index (χ3v) is 4.71. The van der Waals surface area contributed by atoms with E-state index in [2.05, 4.69) is 75.4 Å². The maximum absolute atomic E-state index is 5.68. The van der Waals surface area contributed by atoms with Gasteiger partial charge in [0.15, 0.2) is 0 Å². The van der Waals surface area contributed by atoms with Crippen LogP contribution in [0.2, 0.25) is 0 Å². The van der Waals surface area contributed by atoms with Gasteiger partial charge in [-0.25, -0.2) is 0 Å². The van der Waals surface area contributed by atoms with E-state index in [1.807, 2.05) is 12.1 Å². The minimum atomic E-state index is 0.436. The number of benzene rings is 2. The second kappa shape index (κ2) is 7.94. The first-order valence-corrected chi connectivity index (χ1v) is 8.82. The standard InChI is InChI=1S/C18H21IN2O/c19-16-6-8-18(9-7-16)22-20-17-10-12-21(13-11-17)14-15-4-2-1-3-5-15/h1-9,17,20H,10-14H2. The smallest absolute Gasteiger partial charge is 0.147 e. The van der Waals surface area contributed by atoms with Crippen LogP contribution in [-0.4, -0.2) is 24.0 Å². The maximum Gasteiger partial charge on any atom is 0.147 e. The molecule has 0 spiro atoms. The minimum absolute atomic E-state index is 0.436. The predicted octanol–water partition coefficient (Wildman–Crippen LogP) is 3.84. The molecule has 22 heavy (non-hydrogen) atoms. The fourth-order valence-corrected chi connectivity index (χ4v) is 3.06. The molecule has 0 radical (unpaired) electrons. The van der Waals surface area contributed by atoms with Crippen LogP contribution in [0.25, 0.3) is 0 Å². The van der Waals surface area contributed by atoms with Crippen LogP contribution in [0.4, 0.5) is 0 Å². The van der Waals surface area contributed by atoms with E-state index >= 15 is 0 Å². The number of halogens is 1. The lowest BCUT2D eigenvalue weighted by Crippen LogP contribution is -2.43. The molecule has 1 aliphatic heterocycles. The van der Waals surface area contributed by atoms with Crippen LogP contribution in [0.1, 0.15) is 18.4 Å². The van der Waals surface area contributed by atoms with E-state index in [-0.39, 0.29) is 0 Å². The van der Waals surface area contributed by atoms with Crippen molar-refractivity contribution in [1.29, 1.82) is 0 Å². The molecule has 1 N–H and O–H groups in total. The third kappa shape index (κ3) is 4.69. The summed E-state index contributed by atoms with van der Waals surface area (Å²) in [6.45, 7) is 3.27. The molecule has 0 saturated carbocycles. The van der Waals surface area contributed by atoms with Gasteiger partial charge in [0, 0.05) is 29.2 Å². The molecule has 2 aromatic carbocycles. The van der Waals surface area contributed by atoms with Crippen molar-refractivity contribution in [3.05, 3.63) is 63.7 Å². The molecular formula is C18H21IN2O. The lowest BCUT2D eigenvalue weighted by molar-refractivity contribution is 0.100. The topological polar surface area (TPSA) is 24.5 Å². The number of nitrogens with one attached hydrogen (secondary N) is 1. The fraction of sp³-hybridized carbons (Fsp3) is 0.333. The Morgan fingerprint density at radius 2 is 1.68 bits per heavy atom. The average molecular weight is 408 g/mol. The highest BCUT2D eigenvalue weighted by atomic mass is 127. The Morgan fingerprint density at radius 1 is 1.00 bits per heavy atom. The summed E-state index contributed by atoms with van der Waals surface area (Å²) in [6, 6.07) is 19.2. The summed E-state index contributed by atoms with van der Waals surface area (Å²) in [4.78, 5) is 8.19. The first kappa shape index (κ1) is 15.8. The van der Waals surface area contributed by atoms with Gasteiger partial charge in [0.1, 0.15) is 5.75 Å². The molecule has 0 amide bonds. The number of piperidine rings is 1. The molecule has 4 heteroatoms. The highest BCUT2D eigenvalue weighted by Gasteiger charge is 2.19. The molecule has 116 valence electrons. The lowest BCUT2D eigenvalue weighted by atomic mass is 10.1. The van der Waals surface area contributed by atoms with Crippen molar-refractivity contribution in [2.45, 2.75) is 25.4 Å². The largest absolute Gasteiger partial charge is 0.408 e. The highest BCUT2D eigenvalue weighted by Crippen LogP contribution is 2.16. The number of hydroxylamine groups is 1. The van der Waals surface area contributed by atoms with Gasteiger partial charge < -0.3 is 4.84 Å². The van der Waals surface area contributed by atoms with Gasteiger partial charge in [-0.3, -0.25) is 4.90 Å². The molecule has 3 nitrogen and oxygen atoms in total. The molecule has 2 aromatic rings. The van der Waals surface area contributed by atoms with E-state index in [1.54, 1.807) is 0 Å². The summed E-state index contributed by atoms with van der Waals surface area (Å²) >= 11 is 2.30. The van der Waals surface area contributed by atoms with Gasteiger partial charge in [-0.2, -0.15) is 5.48 Å². The van der Waals surface area contributed by atoms with E-state index in [0.29, 0.717) is 6.04 Å². The van der Waals surface area contributed by atoms with Crippen molar-refractivity contribution < 1.29 is 4.84 Å². The average Bonchev–Trinajstić information content (AvgIpc) is 2.57. The van der Waals surface area contributed by atoms with Gasteiger partial charge in [0.25, 0.3) is 0 Å². The molecule has 1 fully saturated rings. The molecule has 0 atom stereocenters. The monoisotopic (exact) mass is 408 g/mol. The van der Waals surface area contributed by atoms with Crippen LogP contribution in [0.3, 0.4) is 0 Å². The van der Waals surface area contributed by atoms with Crippen LogP contribution in [0, 0.1) is 3.57 Å². The van der Waals surface area contributed by atoms with Crippen LogP contribution in [0.15, 0.2) is 54.6 Å². The van der Waals surface area contributed by atoms with Gasteiger partial charge in [0.2, 0.25) is 0 Å². The Kier molecular flexibility index (Phi) is 5.70. The van der Waals surface area contributed by atoms with Crippen LogP contribution in [0.5, 0.6) is 5.75 Å². The van der Waals surface area contributed by atoms with Gasteiger partial charge >= 0.3 is 0 Å². The van der Waals surface area contributed by atoms with Gasteiger partial charge in [-0.1, -0.05) is 30.3 Å². The van der Waals surface area contributed by atoms with Crippen molar-refractivity contribution in [2.24, 2.45) is 0 Å². The van der Waals surface area contributed by atoms with E-state index in [4.69, 9.17) is 4.84 Å². The molecule has 0 aromatic heterocycles. The zero-order chi connectivity index (χ0) is 15.2. The second-order valence-corrected chi connectivity index (χ2v) is 6.96. The third-order valence-electron chi connectivity index (χ3n) is 3.99. The number of nitrogens with zero attached hydrogens (tertiary/aromatic N) is 1. The zero-order valence-corrected chi connectivity index (χ0v) is 14.7. The number of hydrogen-bond donors (Lipinski definition) is 1. The van der Waals surface area contributed by atoms with Crippen LogP contribution in [-0.2, 0) is 6.54 Å². The zero-order valence-electron chi connectivity index (χ0n) is 12.5. The lowest BCUT2D eigenvalue weighted by Gasteiger charge is -2.32. The predicted molar refractivity (Wildman–Crippen MR) is 97.7 cm³/mol. The molecule has 3 rings (SSSR count). The van der Waals surface area contributed by atoms with Crippen LogP contribution >= 0.6 is 22.6 Å². The Labute approximate surface area is 145 Å². The summed E-state index contributed by atoms with van der Waals surface area (Å²) < 4.78 is 1.22. The van der Waals surface area contributed by atoms with Gasteiger partial charge in [-0.15, -0.1) is 0 Å². The molecule has 0 unspecified atom stereocenters. The Morgan fingerprint density at radius 3 is 2.36 bits per heavy atom. The number of rotatable bonds is 5. The van der Waals surface area contributed by atoms with E-state index in [1.165, 1.54) is 9.13 Å². The summed E-state index contributed by atoms with van der Waals surface area (Å²) in [7, 11) is 0. The Bertz CT molecular complexity index is 565. The SMILES string of the molecule is Ic1ccc(ONC2CCN(Cc3ccccc3)CC2)cc1. The summed E-state index contributed by atoms with van der Waals surface area (Å²) in [5, 5.41) is 0. The fourth-order valence-electron chi connectivity index (χ4n) is 2.70. The summed E-state index contributed by atoms with van der Waals surface area (Å²) in [5.74, 6) is 0.882. The number of hydrogen-bond acceptors (Lipinski definition) is 3. The first-order chi connectivity index (χ1) is 10.8. The molecule has 1 heterocycles. The van der Waals surface area contributed by atoms with Gasteiger partial charge in [0.05, 0.1) is 0 Å². The molecule has 1 saturated heterocycles. The maximum atomic E-state index is 5.68. The Hall–Kier alpha value is -1.11. The van der Waals surface area contributed by atoms with Crippen molar-refractivity contribution in [1.82, 2.24) is 10.4 Å². The van der Waals surface area contributed by atoms with Gasteiger partial charge in [-0.05, 0) is 65.3 Å². The van der Waals surface area contributed by atoms with E-state index in [0.717, 1.165) is 38.2 Å². The molecular weight excluding hydrogens is 387 g/mol. The molecule has 0 bridgehead atoms. The summed E-state index contributed by atoms with van der Waals surface area (Å²) in [6.07, 6.45) is 2.24. The van der Waals surface area contributed by atoms with Crippen molar-refractivity contribution in [2.75, 3.05) is 13.1 Å². The van der Waals surface area contributed by atoms with Crippen LogP contribution < -0.4 is 10.3 Å². The van der Waals surface area contributed by atoms with E-state index in [9.17, 15) is 0 Å². The number of likely N-dealkylation sites (tertiary alicyclic amines) is 1.